The first-order chi connectivity index (χ1) is 9.19. The second-order valence-corrected chi connectivity index (χ2v) is 5.95. The largest absolute Gasteiger partial charge is 0.309 e. The Morgan fingerprint density at radius 2 is 2.21 bits per heavy atom. The maximum absolute atomic E-state index is 4.74. The van der Waals surface area contributed by atoms with Gasteiger partial charge in [0.25, 0.3) is 0 Å². The zero-order valence-corrected chi connectivity index (χ0v) is 12.8. The summed E-state index contributed by atoms with van der Waals surface area (Å²) in [6.07, 6.45) is 2.09. The van der Waals surface area contributed by atoms with Crippen LogP contribution in [0.5, 0.6) is 0 Å². The van der Waals surface area contributed by atoms with Crippen LogP contribution in [0, 0.1) is 6.92 Å². The van der Waals surface area contributed by atoms with Crippen LogP contribution in [0.2, 0.25) is 0 Å². The predicted octanol–water partition coefficient (Wildman–Crippen LogP) is 4.10. The fraction of sp³-hybridized carbons (Fsp3) is 0.438. The van der Waals surface area contributed by atoms with Gasteiger partial charge in [0.15, 0.2) is 0 Å². The van der Waals surface area contributed by atoms with Crippen molar-refractivity contribution in [2.75, 3.05) is 6.54 Å². The first kappa shape index (κ1) is 14.2. The Kier molecular flexibility index (Phi) is 5.11. The molecule has 1 N–H and O–H groups in total. The number of aromatic nitrogens is 1. The molecule has 0 aliphatic carbocycles. The van der Waals surface area contributed by atoms with Crippen molar-refractivity contribution in [1.82, 2.24) is 10.3 Å². The third-order valence-corrected chi connectivity index (χ3v) is 4.02. The van der Waals surface area contributed by atoms with Crippen molar-refractivity contribution in [3.63, 3.8) is 0 Å². The van der Waals surface area contributed by atoms with E-state index in [1.807, 2.05) is 0 Å². The smallest absolute Gasteiger partial charge is 0.0972 e. The van der Waals surface area contributed by atoms with Crippen molar-refractivity contribution in [3.05, 3.63) is 51.5 Å². The summed E-state index contributed by atoms with van der Waals surface area (Å²) in [4.78, 5) is 4.74. The number of thiazole rings is 1. The van der Waals surface area contributed by atoms with Crippen LogP contribution in [-0.2, 0) is 6.42 Å². The zero-order valence-electron chi connectivity index (χ0n) is 11.9. The van der Waals surface area contributed by atoms with Gasteiger partial charge in [-0.3, -0.25) is 0 Å². The molecule has 1 unspecified atom stereocenters. The minimum atomic E-state index is 0.349. The van der Waals surface area contributed by atoms with Gasteiger partial charge in [0, 0.05) is 17.8 Å². The average Bonchev–Trinajstić information content (AvgIpc) is 2.84. The van der Waals surface area contributed by atoms with E-state index < -0.39 is 0 Å². The number of nitrogens with one attached hydrogen (secondary N) is 1. The van der Waals surface area contributed by atoms with E-state index in [9.17, 15) is 0 Å². The number of benzene rings is 1. The second-order valence-electron chi connectivity index (χ2n) is 5.01. The molecule has 1 aromatic carbocycles. The summed E-state index contributed by atoms with van der Waals surface area (Å²) < 4.78 is 0. The maximum atomic E-state index is 4.74. The quantitative estimate of drug-likeness (QED) is 0.857. The standard InChI is InChI=1S/C16H22N2S/c1-4-8-17-13(3)15-11-19-16(18-15)10-14-7-5-6-12(2)9-14/h5-7,9,11,13,17H,4,8,10H2,1-3H3. The van der Waals surface area contributed by atoms with Crippen molar-refractivity contribution in [2.45, 2.75) is 39.7 Å². The van der Waals surface area contributed by atoms with Crippen LogP contribution < -0.4 is 5.32 Å². The molecule has 0 aliphatic rings. The zero-order chi connectivity index (χ0) is 13.7. The van der Waals surface area contributed by atoms with E-state index in [-0.39, 0.29) is 0 Å². The SMILES string of the molecule is CCCNC(C)c1csc(Cc2cccc(C)c2)n1. The molecular weight excluding hydrogens is 252 g/mol. The normalized spacial score (nSPS) is 12.6. The molecule has 0 aliphatic heterocycles. The Labute approximate surface area is 119 Å². The first-order valence-corrected chi connectivity index (χ1v) is 7.80. The van der Waals surface area contributed by atoms with E-state index in [4.69, 9.17) is 4.98 Å². The van der Waals surface area contributed by atoms with Gasteiger partial charge >= 0.3 is 0 Å². The Bertz CT molecular complexity index is 519. The van der Waals surface area contributed by atoms with Crippen LogP contribution >= 0.6 is 11.3 Å². The summed E-state index contributed by atoms with van der Waals surface area (Å²) in [5.41, 5.74) is 3.82. The van der Waals surface area contributed by atoms with Crippen molar-refractivity contribution >= 4 is 11.3 Å². The number of hydrogen-bond acceptors (Lipinski definition) is 3. The predicted molar refractivity (Wildman–Crippen MR) is 82.8 cm³/mol. The van der Waals surface area contributed by atoms with Crippen molar-refractivity contribution in [3.8, 4) is 0 Å². The third kappa shape index (κ3) is 4.15. The van der Waals surface area contributed by atoms with Crippen molar-refractivity contribution in [2.24, 2.45) is 0 Å². The van der Waals surface area contributed by atoms with Crippen molar-refractivity contribution < 1.29 is 0 Å². The van der Waals surface area contributed by atoms with Crippen LogP contribution in [-0.4, -0.2) is 11.5 Å². The van der Waals surface area contributed by atoms with Gasteiger partial charge in [0.05, 0.1) is 10.7 Å². The lowest BCUT2D eigenvalue weighted by Crippen LogP contribution is -2.19. The first-order valence-electron chi connectivity index (χ1n) is 6.92. The molecule has 0 saturated heterocycles. The highest BCUT2D eigenvalue weighted by Crippen LogP contribution is 2.19. The monoisotopic (exact) mass is 274 g/mol. The molecule has 19 heavy (non-hydrogen) atoms. The Morgan fingerprint density at radius 3 is 2.95 bits per heavy atom. The molecule has 102 valence electrons. The van der Waals surface area contributed by atoms with Gasteiger partial charge in [-0.25, -0.2) is 4.98 Å². The molecule has 0 amide bonds. The van der Waals surface area contributed by atoms with E-state index in [2.05, 4.69) is 55.7 Å². The Hall–Kier alpha value is -1.19. The highest BCUT2D eigenvalue weighted by atomic mass is 32.1. The van der Waals surface area contributed by atoms with Crippen LogP contribution in [0.4, 0.5) is 0 Å². The summed E-state index contributed by atoms with van der Waals surface area (Å²) in [6.45, 7) is 7.55. The van der Waals surface area contributed by atoms with Gasteiger partial charge in [-0.15, -0.1) is 11.3 Å². The molecule has 0 saturated carbocycles. The number of nitrogens with zero attached hydrogens (tertiary/aromatic N) is 1. The van der Waals surface area contributed by atoms with Gasteiger partial charge in [-0.05, 0) is 32.4 Å². The summed E-state index contributed by atoms with van der Waals surface area (Å²) in [5, 5.41) is 6.86. The average molecular weight is 274 g/mol. The molecule has 2 aromatic rings. The minimum absolute atomic E-state index is 0.349. The van der Waals surface area contributed by atoms with E-state index in [0.29, 0.717) is 6.04 Å². The lowest BCUT2D eigenvalue weighted by molar-refractivity contribution is 0.560. The van der Waals surface area contributed by atoms with Gasteiger partial charge in [0.2, 0.25) is 0 Å². The fourth-order valence-corrected chi connectivity index (χ4v) is 2.99. The van der Waals surface area contributed by atoms with Gasteiger partial charge in [0.1, 0.15) is 0 Å². The number of hydrogen-bond donors (Lipinski definition) is 1. The maximum Gasteiger partial charge on any atom is 0.0972 e. The summed E-state index contributed by atoms with van der Waals surface area (Å²) >= 11 is 1.76. The molecule has 3 heteroatoms. The van der Waals surface area contributed by atoms with Gasteiger partial charge in [-0.1, -0.05) is 36.8 Å². The molecule has 2 nitrogen and oxygen atoms in total. The van der Waals surface area contributed by atoms with Crippen LogP contribution in [0.1, 0.15) is 48.1 Å². The third-order valence-electron chi connectivity index (χ3n) is 3.15. The lowest BCUT2D eigenvalue weighted by Gasteiger charge is -2.09. The summed E-state index contributed by atoms with van der Waals surface area (Å²) in [7, 11) is 0. The molecule has 1 atom stereocenters. The minimum Gasteiger partial charge on any atom is -0.309 e. The lowest BCUT2D eigenvalue weighted by atomic mass is 10.1. The molecule has 2 rings (SSSR count). The van der Waals surface area contributed by atoms with E-state index in [0.717, 1.165) is 19.4 Å². The highest BCUT2D eigenvalue weighted by Gasteiger charge is 2.09. The molecule has 1 aromatic heterocycles. The van der Waals surface area contributed by atoms with Gasteiger partial charge in [-0.2, -0.15) is 0 Å². The van der Waals surface area contributed by atoms with Crippen LogP contribution in [0.15, 0.2) is 29.6 Å². The molecule has 0 spiro atoms. The Balaban J connectivity index is 2.01. The molecular formula is C16H22N2S. The summed E-state index contributed by atoms with van der Waals surface area (Å²) in [5.74, 6) is 0. The molecule has 0 bridgehead atoms. The van der Waals surface area contributed by atoms with Crippen molar-refractivity contribution in [1.29, 1.82) is 0 Å². The van der Waals surface area contributed by atoms with Gasteiger partial charge < -0.3 is 5.32 Å². The topological polar surface area (TPSA) is 24.9 Å². The molecule has 0 fully saturated rings. The van der Waals surface area contributed by atoms with E-state index in [1.165, 1.54) is 21.8 Å². The molecule has 0 radical (unpaired) electrons. The van der Waals surface area contributed by atoms with E-state index in [1.54, 1.807) is 11.3 Å². The second kappa shape index (κ2) is 6.83. The molecule has 1 heterocycles. The van der Waals surface area contributed by atoms with Crippen LogP contribution in [0.3, 0.4) is 0 Å². The van der Waals surface area contributed by atoms with Crippen LogP contribution in [0.25, 0.3) is 0 Å². The number of rotatable bonds is 6. The highest BCUT2D eigenvalue weighted by molar-refractivity contribution is 7.09. The van der Waals surface area contributed by atoms with E-state index >= 15 is 0 Å². The Morgan fingerprint density at radius 1 is 1.37 bits per heavy atom. The summed E-state index contributed by atoms with van der Waals surface area (Å²) in [6, 6.07) is 9.01. The fourth-order valence-electron chi connectivity index (χ4n) is 2.07. The number of aryl methyl sites for hydroxylation is 1.